The summed E-state index contributed by atoms with van der Waals surface area (Å²) in [6.07, 6.45) is 1.57. The maximum atomic E-state index is 12.8. The van der Waals surface area contributed by atoms with E-state index in [1.807, 2.05) is 13.8 Å². The predicted molar refractivity (Wildman–Crippen MR) is 80.1 cm³/mol. The van der Waals surface area contributed by atoms with Gasteiger partial charge in [-0.15, -0.1) is 6.58 Å². The SMILES string of the molecule is C=CCN(C(C)C)S(=O)(=O)c1cc(CN)ccc1OC. The van der Waals surface area contributed by atoms with Crippen LogP contribution in [0.5, 0.6) is 5.75 Å². The van der Waals surface area contributed by atoms with E-state index in [4.69, 9.17) is 10.5 Å². The van der Waals surface area contributed by atoms with Crippen molar-refractivity contribution < 1.29 is 13.2 Å². The molecule has 1 aromatic carbocycles. The minimum atomic E-state index is -3.66. The molecule has 0 unspecified atom stereocenters. The summed E-state index contributed by atoms with van der Waals surface area (Å²) < 4.78 is 32.1. The fraction of sp³-hybridized carbons (Fsp3) is 0.429. The standard InChI is InChI=1S/C14H22N2O3S/c1-5-8-16(11(2)3)20(17,18)14-9-12(10-15)6-7-13(14)19-4/h5-7,9,11H,1,8,10,15H2,2-4H3. The Balaban J connectivity index is 3.42. The van der Waals surface area contributed by atoms with Gasteiger partial charge in [0, 0.05) is 19.1 Å². The smallest absolute Gasteiger partial charge is 0.247 e. The third-order valence-corrected chi connectivity index (χ3v) is 5.00. The monoisotopic (exact) mass is 298 g/mol. The average Bonchev–Trinajstić information content (AvgIpc) is 2.43. The fourth-order valence-corrected chi connectivity index (χ4v) is 3.71. The van der Waals surface area contributed by atoms with Crippen LogP contribution in [0.25, 0.3) is 0 Å². The summed E-state index contributed by atoms with van der Waals surface area (Å²) in [5.41, 5.74) is 6.32. The van der Waals surface area contributed by atoms with E-state index in [-0.39, 0.29) is 24.0 Å². The van der Waals surface area contributed by atoms with Crippen LogP contribution < -0.4 is 10.5 Å². The van der Waals surface area contributed by atoms with E-state index in [0.717, 1.165) is 5.56 Å². The zero-order valence-electron chi connectivity index (χ0n) is 12.2. The summed E-state index contributed by atoms with van der Waals surface area (Å²) in [6.45, 7) is 7.77. The van der Waals surface area contributed by atoms with Gasteiger partial charge in [-0.3, -0.25) is 0 Å². The average molecular weight is 298 g/mol. The zero-order chi connectivity index (χ0) is 15.3. The molecule has 0 aliphatic rings. The first-order chi connectivity index (χ1) is 9.38. The highest BCUT2D eigenvalue weighted by Crippen LogP contribution is 2.28. The van der Waals surface area contributed by atoms with Gasteiger partial charge in [-0.25, -0.2) is 8.42 Å². The summed E-state index contributed by atoms with van der Waals surface area (Å²) in [7, 11) is -2.21. The second kappa shape index (κ2) is 6.88. The lowest BCUT2D eigenvalue weighted by atomic mass is 10.2. The van der Waals surface area contributed by atoms with Gasteiger partial charge >= 0.3 is 0 Å². The number of sulfonamides is 1. The molecule has 0 spiro atoms. The normalized spacial score (nSPS) is 11.9. The molecular weight excluding hydrogens is 276 g/mol. The molecular formula is C14H22N2O3S. The van der Waals surface area contributed by atoms with Crippen molar-refractivity contribution in [1.82, 2.24) is 4.31 Å². The van der Waals surface area contributed by atoms with Crippen molar-refractivity contribution in [3.8, 4) is 5.75 Å². The molecule has 2 N–H and O–H groups in total. The molecule has 0 fully saturated rings. The fourth-order valence-electron chi connectivity index (χ4n) is 1.89. The van der Waals surface area contributed by atoms with Gasteiger partial charge in [-0.05, 0) is 31.5 Å². The molecule has 0 radical (unpaired) electrons. The lowest BCUT2D eigenvalue weighted by Crippen LogP contribution is -2.37. The minimum absolute atomic E-state index is 0.138. The molecule has 5 nitrogen and oxygen atoms in total. The molecule has 0 aliphatic heterocycles. The first-order valence-corrected chi connectivity index (χ1v) is 7.82. The molecule has 6 heteroatoms. The molecule has 0 atom stereocenters. The number of nitrogens with two attached hydrogens (primary N) is 1. The molecule has 0 amide bonds. The van der Waals surface area contributed by atoms with Crippen LogP contribution >= 0.6 is 0 Å². The molecule has 0 saturated carbocycles. The summed E-state index contributed by atoms with van der Waals surface area (Å²) in [5, 5.41) is 0. The highest BCUT2D eigenvalue weighted by atomic mass is 32.2. The van der Waals surface area contributed by atoms with Gasteiger partial charge in [0.15, 0.2) is 0 Å². The van der Waals surface area contributed by atoms with Crippen LogP contribution in [-0.2, 0) is 16.6 Å². The molecule has 112 valence electrons. The topological polar surface area (TPSA) is 72.6 Å². The van der Waals surface area contributed by atoms with Crippen LogP contribution in [0, 0.1) is 0 Å². The molecule has 0 heterocycles. The van der Waals surface area contributed by atoms with Crippen molar-refractivity contribution in [2.45, 2.75) is 31.3 Å². The number of hydrogen-bond acceptors (Lipinski definition) is 4. The van der Waals surface area contributed by atoms with Crippen molar-refractivity contribution >= 4 is 10.0 Å². The Morgan fingerprint density at radius 1 is 1.45 bits per heavy atom. The van der Waals surface area contributed by atoms with E-state index in [2.05, 4.69) is 6.58 Å². The number of hydrogen-bond donors (Lipinski definition) is 1. The lowest BCUT2D eigenvalue weighted by Gasteiger charge is -2.25. The Bertz CT molecular complexity index is 568. The first kappa shape index (κ1) is 16.7. The van der Waals surface area contributed by atoms with E-state index >= 15 is 0 Å². The first-order valence-electron chi connectivity index (χ1n) is 6.38. The highest BCUT2D eigenvalue weighted by Gasteiger charge is 2.29. The van der Waals surface area contributed by atoms with Gasteiger partial charge in [-0.2, -0.15) is 4.31 Å². The van der Waals surface area contributed by atoms with E-state index in [1.54, 1.807) is 24.3 Å². The molecule has 0 aliphatic carbocycles. The van der Waals surface area contributed by atoms with Crippen molar-refractivity contribution in [2.75, 3.05) is 13.7 Å². The Morgan fingerprint density at radius 2 is 2.10 bits per heavy atom. The van der Waals surface area contributed by atoms with Gasteiger partial charge in [0.2, 0.25) is 10.0 Å². The zero-order valence-corrected chi connectivity index (χ0v) is 13.0. The second-order valence-electron chi connectivity index (χ2n) is 4.65. The van der Waals surface area contributed by atoms with Crippen LogP contribution in [0.3, 0.4) is 0 Å². The molecule has 1 rings (SSSR count). The quantitative estimate of drug-likeness (QED) is 0.778. The van der Waals surface area contributed by atoms with Crippen molar-refractivity contribution in [3.05, 3.63) is 36.4 Å². The third-order valence-electron chi connectivity index (χ3n) is 2.94. The van der Waals surface area contributed by atoms with Crippen LogP contribution in [-0.4, -0.2) is 32.4 Å². The van der Waals surface area contributed by atoms with Gasteiger partial charge in [0.05, 0.1) is 7.11 Å². The lowest BCUT2D eigenvalue weighted by molar-refractivity contribution is 0.372. The van der Waals surface area contributed by atoms with Gasteiger partial charge < -0.3 is 10.5 Å². The largest absolute Gasteiger partial charge is 0.495 e. The molecule has 0 saturated heterocycles. The number of benzene rings is 1. The predicted octanol–water partition coefficient (Wildman–Crippen LogP) is 1.74. The minimum Gasteiger partial charge on any atom is -0.495 e. The summed E-state index contributed by atoms with van der Waals surface area (Å²) in [5.74, 6) is 0.317. The Labute approximate surface area is 121 Å². The van der Waals surface area contributed by atoms with Gasteiger partial charge in [0.1, 0.15) is 10.6 Å². The maximum absolute atomic E-state index is 12.8. The van der Waals surface area contributed by atoms with E-state index in [0.29, 0.717) is 5.75 Å². The highest BCUT2D eigenvalue weighted by molar-refractivity contribution is 7.89. The summed E-state index contributed by atoms with van der Waals surface area (Å²) in [4.78, 5) is 0.138. The van der Waals surface area contributed by atoms with E-state index in [9.17, 15) is 8.42 Å². The van der Waals surface area contributed by atoms with Crippen LogP contribution in [0.4, 0.5) is 0 Å². The number of ether oxygens (including phenoxy) is 1. The summed E-state index contributed by atoms with van der Waals surface area (Å²) >= 11 is 0. The van der Waals surface area contributed by atoms with Crippen molar-refractivity contribution in [1.29, 1.82) is 0 Å². The molecule has 20 heavy (non-hydrogen) atoms. The van der Waals surface area contributed by atoms with E-state index in [1.165, 1.54) is 11.4 Å². The molecule has 1 aromatic rings. The maximum Gasteiger partial charge on any atom is 0.247 e. The van der Waals surface area contributed by atoms with Crippen LogP contribution in [0.1, 0.15) is 19.4 Å². The molecule has 0 bridgehead atoms. The van der Waals surface area contributed by atoms with Gasteiger partial charge in [0.25, 0.3) is 0 Å². The van der Waals surface area contributed by atoms with E-state index < -0.39 is 10.0 Å². The Hall–Kier alpha value is -1.37. The number of methoxy groups -OCH3 is 1. The molecule has 0 aromatic heterocycles. The number of nitrogens with zero attached hydrogens (tertiary/aromatic N) is 1. The number of rotatable bonds is 7. The Morgan fingerprint density at radius 3 is 2.55 bits per heavy atom. The van der Waals surface area contributed by atoms with Crippen molar-refractivity contribution in [2.24, 2.45) is 5.73 Å². The third kappa shape index (κ3) is 3.39. The van der Waals surface area contributed by atoms with Crippen LogP contribution in [0.15, 0.2) is 35.7 Å². The summed E-state index contributed by atoms with van der Waals surface area (Å²) in [6, 6.07) is 4.77. The second-order valence-corrected chi connectivity index (χ2v) is 6.51. The van der Waals surface area contributed by atoms with Crippen molar-refractivity contribution in [3.63, 3.8) is 0 Å². The van der Waals surface area contributed by atoms with Gasteiger partial charge in [-0.1, -0.05) is 12.1 Å². The van der Waals surface area contributed by atoms with Crippen LogP contribution in [0.2, 0.25) is 0 Å². The Kier molecular flexibility index (Phi) is 5.74.